The van der Waals surface area contributed by atoms with Crippen molar-refractivity contribution in [3.05, 3.63) is 65.0 Å². The Morgan fingerprint density at radius 1 is 1.31 bits per heavy atom. The number of hydrogen-bond acceptors (Lipinski definition) is 3. The number of hydrogen-bond donors (Lipinski definition) is 0. The minimum Gasteiger partial charge on any atom is -0.496 e. The van der Waals surface area contributed by atoms with Crippen molar-refractivity contribution >= 4 is 5.91 Å². The first kappa shape index (κ1) is 18.4. The van der Waals surface area contributed by atoms with E-state index in [1.54, 1.807) is 25.1 Å². The highest BCUT2D eigenvalue weighted by Gasteiger charge is 2.26. The molecule has 1 amide bonds. The molecule has 1 aliphatic heterocycles. The number of carbonyl (C=O) groups excluding carboxylic acids is 1. The molecule has 5 heteroatoms. The summed E-state index contributed by atoms with van der Waals surface area (Å²) in [6.45, 7) is 3.65. The molecule has 4 nitrogen and oxygen atoms in total. The first-order chi connectivity index (χ1) is 12.5. The Kier molecular flexibility index (Phi) is 5.57. The number of likely N-dealkylation sites (N-methyl/N-ethyl adjacent to an activating group) is 1. The van der Waals surface area contributed by atoms with Gasteiger partial charge in [-0.3, -0.25) is 9.69 Å². The van der Waals surface area contributed by atoms with Gasteiger partial charge in [-0.05, 0) is 42.7 Å². The molecule has 0 saturated heterocycles. The maximum Gasteiger partial charge on any atom is 0.236 e. The highest BCUT2D eigenvalue weighted by Crippen LogP contribution is 2.30. The average Bonchev–Trinajstić information content (AvgIpc) is 2.64. The number of halogens is 1. The second kappa shape index (κ2) is 7.87. The molecule has 2 aromatic carbocycles. The van der Waals surface area contributed by atoms with Crippen LogP contribution in [-0.2, 0) is 17.8 Å². The Morgan fingerprint density at radius 2 is 2.08 bits per heavy atom. The van der Waals surface area contributed by atoms with Crippen molar-refractivity contribution in [1.29, 1.82) is 0 Å². The van der Waals surface area contributed by atoms with Gasteiger partial charge >= 0.3 is 0 Å². The van der Waals surface area contributed by atoms with Gasteiger partial charge in [0.25, 0.3) is 0 Å². The molecule has 0 N–H and O–H groups in total. The van der Waals surface area contributed by atoms with Crippen LogP contribution in [0.3, 0.4) is 0 Å². The van der Waals surface area contributed by atoms with Gasteiger partial charge in [0.15, 0.2) is 0 Å². The zero-order valence-electron chi connectivity index (χ0n) is 15.5. The van der Waals surface area contributed by atoms with E-state index in [2.05, 4.69) is 4.90 Å². The largest absolute Gasteiger partial charge is 0.496 e. The first-order valence-electron chi connectivity index (χ1n) is 8.88. The van der Waals surface area contributed by atoms with E-state index in [1.165, 1.54) is 11.6 Å². The van der Waals surface area contributed by atoms with Crippen LogP contribution in [0.5, 0.6) is 5.75 Å². The van der Waals surface area contributed by atoms with Crippen LogP contribution in [0.2, 0.25) is 0 Å². The molecule has 26 heavy (non-hydrogen) atoms. The minimum atomic E-state index is -0.225. The van der Waals surface area contributed by atoms with Gasteiger partial charge in [0.2, 0.25) is 5.91 Å². The van der Waals surface area contributed by atoms with Crippen LogP contribution in [0.25, 0.3) is 0 Å². The summed E-state index contributed by atoms with van der Waals surface area (Å²) >= 11 is 0. The van der Waals surface area contributed by atoms with Gasteiger partial charge in [0.1, 0.15) is 11.6 Å². The van der Waals surface area contributed by atoms with Gasteiger partial charge < -0.3 is 9.64 Å². The maximum atomic E-state index is 13.6. The zero-order chi connectivity index (χ0) is 18.7. The maximum absolute atomic E-state index is 13.6. The monoisotopic (exact) mass is 356 g/mol. The van der Waals surface area contributed by atoms with Crippen LogP contribution < -0.4 is 4.74 Å². The molecule has 0 aliphatic carbocycles. The summed E-state index contributed by atoms with van der Waals surface area (Å²) in [5, 5.41) is 0. The summed E-state index contributed by atoms with van der Waals surface area (Å²) < 4.78 is 19.0. The van der Waals surface area contributed by atoms with Gasteiger partial charge in [-0.2, -0.15) is 0 Å². The fourth-order valence-corrected chi connectivity index (χ4v) is 3.52. The predicted molar refractivity (Wildman–Crippen MR) is 99.6 cm³/mol. The van der Waals surface area contributed by atoms with E-state index >= 15 is 0 Å². The number of amides is 1. The number of nitrogens with zero attached hydrogens (tertiary/aromatic N) is 2. The van der Waals surface area contributed by atoms with Crippen LogP contribution in [0.1, 0.15) is 29.7 Å². The van der Waals surface area contributed by atoms with Gasteiger partial charge in [0, 0.05) is 31.7 Å². The van der Waals surface area contributed by atoms with Crippen molar-refractivity contribution in [1.82, 2.24) is 9.80 Å². The Hall–Kier alpha value is -2.40. The molecule has 1 atom stereocenters. The Bertz CT molecular complexity index is 793. The topological polar surface area (TPSA) is 32.8 Å². The van der Waals surface area contributed by atoms with Gasteiger partial charge in [-0.25, -0.2) is 4.39 Å². The Labute approximate surface area is 154 Å². The molecule has 0 aromatic heterocycles. The summed E-state index contributed by atoms with van der Waals surface area (Å²) in [6.07, 6.45) is 0.837. The lowest BCUT2D eigenvalue weighted by molar-refractivity contribution is -0.132. The van der Waals surface area contributed by atoms with E-state index in [4.69, 9.17) is 4.74 Å². The zero-order valence-corrected chi connectivity index (χ0v) is 15.5. The number of ether oxygens (including phenoxy) is 1. The molecule has 1 aliphatic rings. The lowest BCUT2D eigenvalue weighted by atomic mass is 9.93. The van der Waals surface area contributed by atoms with E-state index in [-0.39, 0.29) is 17.8 Å². The van der Waals surface area contributed by atoms with Crippen LogP contribution in [0.4, 0.5) is 4.39 Å². The molecule has 0 fully saturated rings. The van der Waals surface area contributed by atoms with Crippen molar-refractivity contribution < 1.29 is 13.9 Å². The minimum absolute atomic E-state index is 0.0260. The van der Waals surface area contributed by atoms with Gasteiger partial charge in [0.05, 0.1) is 13.7 Å². The second-order valence-corrected chi connectivity index (χ2v) is 6.80. The predicted octanol–water partition coefficient (Wildman–Crippen LogP) is 3.41. The molecule has 138 valence electrons. The van der Waals surface area contributed by atoms with Crippen LogP contribution in [0.15, 0.2) is 42.5 Å². The van der Waals surface area contributed by atoms with Crippen LogP contribution in [-0.4, -0.2) is 43.0 Å². The lowest BCUT2D eigenvalue weighted by Crippen LogP contribution is -2.42. The summed E-state index contributed by atoms with van der Waals surface area (Å²) in [7, 11) is 3.43. The smallest absolute Gasteiger partial charge is 0.236 e. The van der Waals surface area contributed by atoms with Gasteiger partial charge in [-0.1, -0.05) is 24.3 Å². The van der Waals surface area contributed by atoms with E-state index in [9.17, 15) is 9.18 Å². The normalized spacial score (nSPS) is 16.8. The molecule has 0 radical (unpaired) electrons. The number of benzene rings is 2. The quantitative estimate of drug-likeness (QED) is 0.823. The van der Waals surface area contributed by atoms with E-state index in [0.29, 0.717) is 13.1 Å². The molecule has 1 heterocycles. The molecule has 0 spiro atoms. The van der Waals surface area contributed by atoms with Gasteiger partial charge in [-0.15, -0.1) is 0 Å². The van der Waals surface area contributed by atoms with Crippen molar-refractivity contribution in [2.24, 2.45) is 0 Å². The third-order valence-electron chi connectivity index (χ3n) is 5.14. The lowest BCUT2D eigenvalue weighted by Gasteiger charge is -2.35. The van der Waals surface area contributed by atoms with E-state index in [1.807, 2.05) is 37.3 Å². The van der Waals surface area contributed by atoms with Crippen molar-refractivity contribution in [3.63, 3.8) is 0 Å². The third kappa shape index (κ3) is 3.88. The standard InChI is InChI=1S/C21H25FN2O2/c1-15-19-12-18(22)9-8-16(19)10-11-24(15)14-21(25)23(2)13-17-6-4-5-7-20(17)26-3/h4-9,12,15H,10-11,13-14H2,1-3H3. The Morgan fingerprint density at radius 3 is 2.85 bits per heavy atom. The molecule has 0 bridgehead atoms. The van der Waals surface area contributed by atoms with E-state index < -0.39 is 0 Å². The summed E-state index contributed by atoms with van der Waals surface area (Å²) in [5.74, 6) is 0.600. The number of fused-ring (bicyclic) bond motifs is 1. The average molecular weight is 356 g/mol. The number of carbonyl (C=O) groups is 1. The third-order valence-corrected chi connectivity index (χ3v) is 5.14. The number of para-hydroxylation sites is 1. The summed E-state index contributed by atoms with van der Waals surface area (Å²) in [5.41, 5.74) is 3.13. The van der Waals surface area contributed by atoms with Crippen LogP contribution >= 0.6 is 0 Å². The summed E-state index contributed by atoms with van der Waals surface area (Å²) in [6, 6.07) is 12.7. The Balaban J connectivity index is 1.66. The molecule has 3 rings (SSSR count). The first-order valence-corrected chi connectivity index (χ1v) is 8.88. The summed E-state index contributed by atoms with van der Waals surface area (Å²) in [4.78, 5) is 16.5. The molecular weight excluding hydrogens is 331 g/mol. The highest BCUT2D eigenvalue weighted by molar-refractivity contribution is 5.78. The highest BCUT2D eigenvalue weighted by atomic mass is 19.1. The second-order valence-electron chi connectivity index (χ2n) is 6.80. The van der Waals surface area contributed by atoms with Crippen molar-refractivity contribution in [3.8, 4) is 5.75 Å². The van der Waals surface area contributed by atoms with E-state index in [0.717, 1.165) is 29.8 Å². The van der Waals surface area contributed by atoms with Crippen molar-refractivity contribution in [2.75, 3.05) is 27.2 Å². The molecule has 1 unspecified atom stereocenters. The molecular formula is C21H25FN2O2. The fraction of sp³-hybridized carbons (Fsp3) is 0.381. The number of methoxy groups -OCH3 is 1. The fourth-order valence-electron chi connectivity index (χ4n) is 3.52. The van der Waals surface area contributed by atoms with Crippen molar-refractivity contribution in [2.45, 2.75) is 25.9 Å². The molecule has 2 aromatic rings. The number of rotatable bonds is 5. The molecule has 0 saturated carbocycles. The van der Waals surface area contributed by atoms with Crippen LogP contribution in [0, 0.1) is 5.82 Å². The SMILES string of the molecule is COc1ccccc1CN(C)C(=O)CN1CCc2ccc(F)cc2C1C.